The number of aliphatic carboxylic acids is 1. The van der Waals surface area contributed by atoms with Crippen LogP contribution in [0.5, 0.6) is 0 Å². The maximum atomic E-state index is 12.8. The first-order valence-corrected chi connectivity index (χ1v) is 5.06. The van der Waals surface area contributed by atoms with E-state index in [2.05, 4.69) is 5.32 Å². The SMILES string of the molecule is Cl.O=C1C[C@@H](c2ccc(F)cc2)C(C(=O)O)=CN1. The van der Waals surface area contributed by atoms with Crippen molar-refractivity contribution in [2.75, 3.05) is 0 Å². The maximum absolute atomic E-state index is 12.8. The number of amides is 1. The molecule has 0 aliphatic carbocycles. The van der Waals surface area contributed by atoms with Crippen LogP contribution >= 0.6 is 12.4 Å². The van der Waals surface area contributed by atoms with Crippen LogP contribution in [0.2, 0.25) is 0 Å². The van der Waals surface area contributed by atoms with Gasteiger partial charge in [-0.05, 0) is 17.7 Å². The number of halogens is 2. The highest BCUT2D eigenvalue weighted by Crippen LogP contribution is 2.30. The Labute approximate surface area is 109 Å². The fraction of sp³-hybridized carbons (Fsp3) is 0.167. The number of carboxylic acid groups (broad SMARTS) is 1. The van der Waals surface area contributed by atoms with Crippen LogP contribution in [-0.2, 0) is 9.59 Å². The van der Waals surface area contributed by atoms with Crippen LogP contribution in [0.15, 0.2) is 36.0 Å². The standard InChI is InChI=1S/C12H10FNO3.ClH/c13-8-3-1-7(2-4-8)9-5-11(15)14-6-10(9)12(16)17;/h1-4,6,9H,5H2,(H,14,15)(H,16,17);1H/t9-;/m0./s1. The summed E-state index contributed by atoms with van der Waals surface area (Å²) in [4.78, 5) is 22.3. The average molecular weight is 272 g/mol. The highest BCUT2D eigenvalue weighted by molar-refractivity contribution is 5.93. The fourth-order valence-electron chi connectivity index (χ4n) is 1.82. The van der Waals surface area contributed by atoms with Gasteiger partial charge < -0.3 is 10.4 Å². The predicted molar refractivity (Wildman–Crippen MR) is 64.9 cm³/mol. The second kappa shape index (κ2) is 5.64. The number of benzene rings is 1. The molecule has 96 valence electrons. The second-order valence-electron chi connectivity index (χ2n) is 3.78. The lowest BCUT2D eigenvalue weighted by atomic mass is 9.86. The summed E-state index contributed by atoms with van der Waals surface area (Å²) in [6, 6.07) is 5.49. The van der Waals surface area contributed by atoms with Crippen molar-refractivity contribution in [1.82, 2.24) is 5.32 Å². The van der Waals surface area contributed by atoms with E-state index >= 15 is 0 Å². The van der Waals surface area contributed by atoms with Crippen molar-refractivity contribution in [3.8, 4) is 0 Å². The van der Waals surface area contributed by atoms with E-state index in [1.807, 2.05) is 0 Å². The van der Waals surface area contributed by atoms with Crippen molar-refractivity contribution in [3.05, 3.63) is 47.4 Å². The van der Waals surface area contributed by atoms with Crippen LogP contribution in [0.3, 0.4) is 0 Å². The number of hydrogen-bond donors (Lipinski definition) is 2. The summed E-state index contributed by atoms with van der Waals surface area (Å²) in [5.74, 6) is -2.25. The van der Waals surface area contributed by atoms with E-state index in [0.717, 1.165) is 0 Å². The fourth-order valence-corrected chi connectivity index (χ4v) is 1.82. The molecular weight excluding hydrogens is 261 g/mol. The molecule has 1 heterocycles. The first-order valence-electron chi connectivity index (χ1n) is 5.06. The van der Waals surface area contributed by atoms with Gasteiger partial charge in [0.05, 0.1) is 5.57 Å². The number of carboxylic acids is 1. The van der Waals surface area contributed by atoms with Crippen LogP contribution in [0, 0.1) is 5.82 Å². The predicted octanol–water partition coefficient (Wildman–Crippen LogP) is 1.82. The third-order valence-corrected chi connectivity index (χ3v) is 2.67. The summed E-state index contributed by atoms with van der Waals surface area (Å²) < 4.78 is 12.8. The molecule has 2 rings (SSSR count). The Balaban J connectivity index is 0.00000162. The second-order valence-corrected chi connectivity index (χ2v) is 3.78. The lowest BCUT2D eigenvalue weighted by molar-refractivity contribution is -0.133. The molecule has 1 aliphatic rings. The van der Waals surface area contributed by atoms with Crippen LogP contribution in [0.1, 0.15) is 17.9 Å². The molecule has 1 aromatic carbocycles. The van der Waals surface area contributed by atoms with Gasteiger partial charge in [-0.1, -0.05) is 12.1 Å². The number of rotatable bonds is 2. The maximum Gasteiger partial charge on any atom is 0.333 e. The Morgan fingerprint density at radius 1 is 1.33 bits per heavy atom. The quantitative estimate of drug-likeness (QED) is 0.862. The van der Waals surface area contributed by atoms with Gasteiger partial charge in [0.25, 0.3) is 0 Å². The summed E-state index contributed by atoms with van der Waals surface area (Å²) in [7, 11) is 0. The minimum Gasteiger partial charge on any atom is -0.478 e. The summed E-state index contributed by atoms with van der Waals surface area (Å²) in [6.07, 6.45) is 1.26. The van der Waals surface area contributed by atoms with Gasteiger partial charge in [0.1, 0.15) is 5.82 Å². The zero-order valence-corrected chi connectivity index (χ0v) is 10.0. The van der Waals surface area contributed by atoms with Gasteiger partial charge in [0.15, 0.2) is 0 Å². The molecule has 0 radical (unpaired) electrons. The topological polar surface area (TPSA) is 66.4 Å². The molecule has 0 saturated carbocycles. The first-order chi connectivity index (χ1) is 8.08. The Morgan fingerprint density at radius 2 is 1.94 bits per heavy atom. The molecule has 1 atom stereocenters. The number of carbonyl (C=O) groups is 2. The Hall–Kier alpha value is -1.88. The van der Waals surface area contributed by atoms with Crippen molar-refractivity contribution in [1.29, 1.82) is 0 Å². The zero-order chi connectivity index (χ0) is 12.4. The molecule has 0 bridgehead atoms. The summed E-state index contributed by atoms with van der Waals surface area (Å²) in [5.41, 5.74) is 0.728. The molecule has 0 spiro atoms. The Kier molecular flexibility index (Phi) is 4.44. The number of carbonyl (C=O) groups excluding carboxylic acids is 1. The summed E-state index contributed by atoms with van der Waals surface area (Å²) >= 11 is 0. The first kappa shape index (κ1) is 14.2. The van der Waals surface area contributed by atoms with Crippen molar-refractivity contribution in [2.45, 2.75) is 12.3 Å². The van der Waals surface area contributed by atoms with Gasteiger partial charge in [0, 0.05) is 18.5 Å². The molecular formula is C12H11ClFNO3. The molecule has 0 aromatic heterocycles. The van der Waals surface area contributed by atoms with Crippen molar-refractivity contribution in [2.24, 2.45) is 0 Å². The minimum absolute atomic E-state index is 0. The number of hydrogen-bond acceptors (Lipinski definition) is 2. The normalized spacial score (nSPS) is 18.4. The average Bonchev–Trinajstić information content (AvgIpc) is 2.29. The summed E-state index contributed by atoms with van der Waals surface area (Å²) in [5, 5.41) is 11.4. The third-order valence-electron chi connectivity index (χ3n) is 2.67. The molecule has 0 saturated heterocycles. The molecule has 2 N–H and O–H groups in total. The van der Waals surface area contributed by atoms with Gasteiger partial charge in [-0.15, -0.1) is 12.4 Å². The molecule has 0 fully saturated rings. The third kappa shape index (κ3) is 2.87. The molecule has 1 amide bonds. The van der Waals surface area contributed by atoms with Gasteiger partial charge in [0.2, 0.25) is 5.91 Å². The van der Waals surface area contributed by atoms with E-state index in [9.17, 15) is 14.0 Å². The van der Waals surface area contributed by atoms with Crippen LogP contribution < -0.4 is 5.32 Å². The van der Waals surface area contributed by atoms with E-state index in [1.165, 1.54) is 30.5 Å². The van der Waals surface area contributed by atoms with Gasteiger partial charge in [-0.25, -0.2) is 9.18 Å². The minimum atomic E-state index is -1.08. The van der Waals surface area contributed by atoms with E-state index < -0.39 is 17.7 Å². The van der Waals surface area contributed by atoms with Crippen molar-refractivity contribution >= 4 is 24.3 Å². The zero-order valence-electron chi connectivity index (χ0n) is 9.22. The van der Waals surface area contributed by atoms with Gasteiger partial charge >= 0.3 is 5.97 Å². The lowest BCUT2D eigenvalue weighted by Crippen LogP contribution is -2.29. The highest BCUT2D eigenvalue weighted by atomic mass is 35.5. The van der Waals surface area contributed by atoms with Gasteiger partial charge in [-0.3, -0.25) is 4.79 Å². The molecule has 1 aliphatic heterocycles. The number of nitrogens with one attached hydrogen (secondary N) is 1. The smallest absolute Gasteiger partial charge is 0.333 e. The largest absolute Gasteiger partial charge is 0.478 e. The molecule has 4 nitrogen and oxygen atoms in total. The van der Waals surface area contributed by atoms with Crippen molar-refractivity contribution in [3.63, 3.8) is 0 Å². The monoisotopic (exact) mass is 271 g/mol. The summed E-state index contributed by atoms with van der Waals surface area (Å²) in [6.45, 7) is 0. The Morgan fingerprint density at radius 3 is 2.50 bits per heavy atom. The van der Waals surface area contributed by atoms with E-state index in [-0.39, 0.29) is 30.3 Å². The van der Waals surface area contributed by atoms with Crippen LogP contribution in [0.4, 0.5) is 4.39 Å². The van der Waals surface area contributed by atoms with Crippen LogP contribution in [0.25, 0.3) is 0 Å². The molecule has 1 aromatic rings. The lowest BCUT2D eigenvalue weighted by Gasteiger charge is -2.21. The van der Waals surface area contributed by atoms with Crippen LogP contribution in [-0.4, -0.2) is 17.0 Å². The van der Waals surface area contributed by atoms with E-state index in [0.29, 0.717) is 5.56 Å². The van der Waals surface area contributed by atoms with Crippen molar-refractivity contribution < 1.29 is 19.1 Å². The highest BCUT2D eigenvalue weighted by Gasteiger charge is 2.28. The van der Waals surface area contributed by atoms with Gasteiger partial charge in [-0.2, -0.15) is 0 Å². The molecule has 0 unspecified atom stereocenters. The Bertz CT molecular complexity index is 499. The van der Waals surface area contributed by atoms with E-state index in [1.54, 1.807) is 0 Å². The molecule has 18 heavy (non-hydrogen) atoms. The van der Waals surface area contributed by atoms with E-state index in [4.69, 9.17) is 5.11 Å². The molecule has 6 heteroatoms.